The van der Waals surface area contributed by atoms with Crippen LogP contribution in [0.5, 0.6) is 11.5 Å². The molecular weight excluding hydrogens is 292 g/mol. The normalized spacial score (nSPS) is 17.5. The Hall–Kier alpha value is -2.37. The third-order valence-electron chi connectivity index (χ3n) is 3.57. The number of ether oxygens (including phenoxy) is 2. The highest BCUT2D eigenvalue weighted by molar-refractivity contribution is 5.94. The van der Waals surface area contributed by atoms with Gasteiger partial charge in [0.1, 0.15) is 17.6 Å². The van der Waals surface area contributed by atoms with Gasteiger partial charge in [-0.1, -0.05) is 12.1 Å². The van der Waals surface area contributed by atoms with Gasteiger partial charge in [-0.15, -0.1) is 0 Å². The number of amides is 1. The molecule has 5 nitrogen and oxygen atoms in total. The van der Waals surface area contributed by atoms with Gasteiger partial charge in [-0.2, -0.15) is 0 Å². The highest BCUT2D eigenvalue weighted by atomic mass is 16.5. The van der Waals surface area contributed by atoms with Crippen molar-refractivity contribution in [2.75, 3.05) is 25.0 Å². The van der Waals surface area contributed by atoms with Crippen molar-refractivity contribution < 1.29 is 14.3 Å². The van der Waals surface area contributed by atoms with E-state index in [0.717, 1.165) is 29.3 Å². The van der Waals surface area contributed by atoms with Gasteiger partial charge < -0.3 is 20.1 Å². The number of carbonyl (C=O) groups is 1. The largest absolute Gasteiger partial charge is 0.457 e. The Morgan fingerprint density at radius 2 is 2.04 bits per heavy atom. The molecule has 0 spiro atoms. The molecule has 120 valence electrons. The first-order chi connectivity index (χ1) is 11.2. The number of nitrogens with one attached hydrogen (secondary N) is 2. The van der Waals surface area contributed by atoms with Crippen LogP contribution in [0.3, 0.4) is 0 Å². The molecule has 0 aliphatic carbocycles. The third-order valence-corrected chi connectivity index (χ3v) is 3.57. The van der Waals surface area contributed by atoms with Crippen molar-refractivity contribution in [3.8, 4) is 11.5 Å². The quantitative estimate of drug-likeness (QED) is 0.911. The Bertz CT molecular complexity index is 664. The van der Waals surface area contributed by atoms with Crippen molar-refractivity contribution in [1.82, 2.24) is 5.32 Å². The number of rotatable bonds is 4. The molecule has 2 aromatic carbocycles. The first-order valence-corrected chi connectivity index (χ1v) is 7.68. The van der Waals surface area contributed by atoms with E-state index in [-0.39, 0.29) is 5.91 Å². The predicted molar refractivity (Wildman–Crippen MR) is 88.9 cm³/mol. The van der Waals surface area contributed by atoms with Gasteiger partial charge in [-0.25, -0.2) is 0 Å². The fourth-order valence-corrected chi connectivity index (χ4v) is 2.38. The minimum Gasteiger partial charge on any atom is -0.457 e. The summed E-state index contributed by atoms with van der Waals surface area (Å²) in [6, 6.07) is 15.2. The maximum absolute atomic E-state index is 12.1. The van der Waals surface area contributed by atoms with Crippen LogP contribution in [0.4, 0.5) is 5.69 Å². The highest BCUT2D eigenvalue weighted by Crippen LogP contribution is 2.23. The molecule has 2 aromatic rings. The van der Waals surface area contributed by atoms with Crippen molar-refractivity contribution in [2.24, 2.45) is 0 Å². The van der Waals surface area contributed by atoms with Crippen molar-refractivity contribution in [2.45, 2.75) is 13.0 Å². The van der Waals surface area contributed by atoms with Crippen molar-refractivity contribution in [1.29, 1.82) is 0 Å². The number of carbonyl (C=O) groups excluding carboxylic acids is 1. The molecule has 1 amide bonds. The SMILES string of the molecule is Cc1cccc(Oc2ccc(NC(=O)C3CNCCO3)cc2)c1. The lowest BCUT2D eigenvalue weighted by Gasteiger charge is -2.22. The first-order valence-electron chi connectivity index (χ1n) is 7.68. The number of anilines is 1. The fourth-order valence-electron chi connectivity index (χ4n) is 2.38. The van der Waals surface area contributed by atoms with Crippen molar-refractivity contribution >= 4 is 11.6 Å². The number of aryl methyl sites for hydroxylation is 1. The molecule has 1 saturated heterocycles. The summed E-state index contributed by atoms with van der Waals surface area (Å²) in [6.45, 7) is 3.91. The highest BCUT2D eigenvalue weighted by Gasteiger charge is 2.21. The summed E-state index contributed by atoms with van der Waals surface area (Å²) in [4.78, 5) is 12.1. The van der Waals surface area contributed by atoms with Gasteiger partial charge in [0.2, 0.25) is 0 Å². The minimum atomic E-state index is -0.438. The molecule has 0 saturated carbocycles. The van der Waals surface area contributed by atoms with Gasteiger partial charge in [-0.05, 0) is 48.9 Å². The van der Waals surface area contributed by atoms with Crippen LogP contribution in [0.15, 0.2) is 48.5 Å². The van der Waals surface area contributed by atoms with Gasteiger partial charge in [0, 0.05) is 18.8 Å². The molecule has 1 unspecified atom stereocenters. The molecule has 0 radical (unpaired) electrons. The molecule has 1 heterocycles. The number of hydrogen-bond acceptors (Lipinski definition) is 4. The fraction of sp³-hybridized carbons (Fsp3) is 0.278. The Labute approximate surface area is 135 Å². The number of morpholine rings is 1. The van der Waals surface area contributed by atoms with Crippen molar-refractivity contribution in [3.63, 3.8) is 0 Å². The molecule has 2 N–H and O–H groups in total. The van der Waals surface area contributed by atoms with Crippen LogP contribution in [0.25, 0.3) is 0 Å². The van der Waals surface area contributed by atoms with Gasteiger partial charge in [0.05, 0.1) is 6.61 Å². The average Bonchev–Trinajstić information content (AvgIpc) is 2.57. The second-order valence-electron chi connectivity index (χ2n) is 5.50. The molecule has 3 rings (SSSR count). The monoisotopic (exact) mass is 312 g/mol. The zero-order valence-corrected chi connectivity index (χ0v) is 13.0. The van der Waals surface area contributed by atoms with E-state index in [4.69, 9.17) is 9.47 Å². The first kappa shape index (κ1) is 15.5. The molecule has 1 fully saturated rings. The summed E-state index contributed by atoms with van der Waals surface area (Å²) in [5.41, 5.74) is 1.87. The van der Waals surface area contributed by atoms with Crippen LogP contribution in [0.1, 0.15) is 5.56 Å². The maximum atomic E-state index is 12.1. The van der Waals surface area contributed by atoms with Crippen LogP contribution in [-0.4, -0.2) is 31.7 Å². The molecule has 5 heteroatoms. The second-order valence-corrected chi connectivity index (χ2v) is 5.50. The topological polar surface area (TPSA) is 59.6 Å². The van der Waals surface area contributed by atoms with E-state index in [1.165, 1.54) is 0 Å². The molecule has 0 bridgehead atoms. The number of benzene rings is 2. The zero-order chi connectivity index (χ0) is 16.1. The van der Waals surface area contributed by atoms with Crippen LogP contribution in [-0.2, 0) is 9.53 Å². The van der Waals surface area contributed by atoms with E-state index in [1.807, 2.05) is 55.5 Å². The molecular formula is C18H20N2O3. The van der Waals surface area contributed by atoms with Crippen LogP contribution in [0, 0.1) is 6.92 Å². The van der Waals surface area contributed by atoms with Crippen LogP contribution >= 0.6 is 0 Å². The number of hydrogen-bond donors (Lipinski definition) is 2. The Morgan fingerprint density at radius 3 is 2.74 bits per heavy atom. The smallest absolute Gasteiger partial charge is 0.254 e. The molecule has 1 aliphatic heterocycles. The summed E-state index contributed by atoms with van der Waals surface area (Å²) >= 11 is 0. The Kier molecular flexibility index (Phi) is 4.90. The van der Waals surface area contributed by atoms with E-state index >= 15 is 0 Å². The average molecular weight is 312 g/mol. The van der Waals surface area contributed by atoms with Crippen molar-refractivity contribution in [3.05, 3.63) is 54.1 Å². The van der Waals surface area contributed by atoms with Gasteiger partial charge >= 0.3 is 0 Å². The summed E-state index contributed by atoms with van der Waals surface area (Å²) < 4.78 is 11.2. The Morgan fingerprint density at radius 1 is 1.22 bits per heavy atom. The van der Waals surface area contributed by atoms with E-state index in [0.29, 0.717) is 13.2 Å². The molecule has 1 aliphatic rings. The van der Waals surface area contributed by atoms with Crippen LogP contribution < -0.4 is 15.4 Å². The zero-order valence-electron chi connectivity index (χ0n) is 13.0. The predicted octanol–water partition coefficient (Wildman–Crippen LogP) is 2.71. The lowest BCUT2D eigenvalue weighted by atomic mass is 10.2. The lowest BCUT2D eigenvalue weighted by molar-refractivity contribution is -0.128. The Balaban J connectivity index is 1.59. The summed E-state index contributed by atoms with van der Waals surface area (Å²) in [7, 11) is 0. The summed E-state index contributed by atoms with van der Waals surface area (Å²) in [5, 5.41) is 5.99. The maximum Gasteiger partial charge on any atom is 0.254 e. The van der Waals surface area contributed by atoms with E-state index in [1.54, 1.807) is 0 Å². The standard InChI is InChI=1S/C18H20N2O3/c1-13-3-2-4-16(11-13)23-15-7-5-14(6-8-15)20-18(21)17-12-19-9-10-22-17/h2-8,11,17,19H,9-10,12H2,1H3,(H,20,21). The third kappa shape index (κ3) is 4.31. The van der Waals surface area contributed by atoms with Gasteiger partial charge in [-0.3, -0.25) is 4.79 Å². The van der Waals surface area contributed by atoms with Gasteiger partial charge in [0.15, 0.2) is 0 Å². The van der Waals surface area contributed by atoms with Gasteiger partial charge in [0.25, 0.3) is 5.91 Å². The molecule has 0 aromatic heterocycles. The lowest BCUT2D eigenvalue weighted by Crippen LogP contribution is -2.45. The second kappa shape index (κ2) is 7.26. The van der Waals surface area contributed by atoms with E-state index in [2.05, 4.69) is 10.6 Å². The van der Waals surface area contributed by atoms with Crippen LogP contribution in [0.2, 0.25) is 0 Å². The summed E-state index contributed by atoms with van der Waals surface area (Å²) in [6.07, 6.45) is -0.438. The summed E-state index contributed by atoms with van der Waals surface area (Å²) in [5.74, 6) is 1.39. The van der Waals surface area contributed by atoms with E-state index < -0.39 is 6.10 Å². The minimum absolute atomic E-state index is 0.135. The van der Waals surface area contributed by atoms with E-state index in [9.17, 15) is 4.79 Å². The molecule has 1 atom stereocenters. The molecule has 23 heavy (non-hydrogen) atoms.